The molecular weight excluding hydrogens is 277 g/mol. The Labute approximate surface area is 101 Å². The van der Waals surface area contributed by atoms with Crippen molar-refractivity contribution in [3.63, 3.8) is 0 Å². The highest BCUT2D eigenvalue weighted by Gasteiger charge is 2.02. The number of anilines is 1. The molecule has 0 radical (unpaired) electrons. The minimum Gasteiger partial charge on any atom is -0.378 e. The highest BCUT2D eigenvalue weighted by Crippen LogP contribution is 2.23. The van der Waals surface area contributed by atoms with Crippen molar-refractivity contribution in [2.45, 2.75) is 6.54 Å². The molecule has 15 heavy (non-hydrogen) atoms. The molecule has 2 aromatic heterocycles. The first-order valence-electron chi connectivity index (χ1n) is 4.42. The van der Waals surface area contributed by atoms with Crippen LogP contribution in [0, 0.1) is 0 Å². The van der Waals surface area contributed by atoms with Crippen molar-refractivity contribution in [3.05, 3.63) is 45.9 Å². The molecule has 2 aromatic rings. The molecule has 0 fully saturated rings. The molecule has 0 unspecified atom stereocenters. The topological polar surface area (TPSA) is 40.7 Å². The van der Waals surface area contributed by atoms with Crippen LogP contribution in [0.25, 0.3) is 0 Å². The average molecular weight is 287 g/mol. The zero-order valence-electron chi connectivity index (χ0n) is 7.80. The summed E-state index contributed by atoms with van der Waals surface area (Å²) in [5.41, 5.74) is 2.00. The highest BCUT2D eigenvalue weighted by molar-refractivity contribution is 9.10. The van der Waals surface area contributed by atoms with Gasteiger partial charge in [-0.15, -0.1) is 0 Å². The number of aromatic nitrogens is 2. The zero-order valence-corrected chi connectivity index (χ0v) is 10.1. The molecule has 0 bridgehead atoms. The van der Waals surface area contributed by atoms with E-state index in [1.54, 1.807) is 6.20 Å². The first-order valence-corrected chi connectivity index (χ1v) is 5.59. The first kappa shape index (κ1) is 10.5. The van der Waals surface area contributed by atoms with Crippen LogP contribution in [-0.2, 0) is 6.54 Å². The summed E-state index contributed by atoms with van der Waals surface area (Å²) < 4.78 is 0.906. The predicted molar refractivity (Wildman–Crippen MR) is 65.1 cm³/mol. The van der Waals surface area contributed by atoms with Crippen molar-refractivity contribution >= 4 is 33.2 Å². The number of hydrogen-bond acceptors (Lipinski definition) is 2. The van der Waals surface area contributed by atoms with Crippen LogP contribution in [0.3, 0.4) is 0 Å². The van der Waals surface area contributed by atoms with E-state index in [9.17, 15) is 0 Å². The molecule has 3 nitrogen and oxygen atoms in total. The van der Waals surface area contributed by atoms with Gasteiger partial charge >= 0.3 is 0 Å². The summed E-state index contributed by atoms with van der Waals surface area (Å²) >= 11 is 9.28. The second-order valence-electron chi connectivity index (χ2n) is 3.06. The van der Waals surface area contributed by atoms with Gasteiger partial charge in [0.1, 0.15) is 0 Å². The Kier molecular flexibility index (Phi) is 3.28. The van der Waals surface area contributed by atoms with Crippen LogP contribution in [0.2, 0.25) is 5.15 Å². The van der Waals surface area contributed by atoms with Crippen LogP contribution in [-0.4, -0.2) is 9.97 Å². The quantitative estimate of drug-likeness (QED) is 0.849. The Hall–Kier alpha value is -1.00. The smallest absolute Gasteiger partial charge is 0.152 e. The van der Waals surface area contributed by atoms with Gasteiger partial charge in [0.15, 0.2) is 5.15 Å². The number of rotatable bonds is 3. The molecule has 0 saturated heterocycles. The van der Waals surface area contributed by atoms with Crippen molar-refractivity contribution in [3.8, 4) is 0 Å². The monoisotopic (exact) mass is 285 g/mol. The zero-order chi connectivity index (χ0) is 10.7. The Bertz CT molecular complexity index is 442. The van der Waals surface area contributed by atoms with Crippen LogP contribution < -0.4 is 5.32 Å². The van der Waals surface area contributed by atoms with E-state index in [1.165, 1.54) is 5.56 Å². The van der Waals surface area contributed by atoms with Crippen LogP contribution in [0.4, 0.5) is 5.69 Å². The summed E-state index contributed by atoms with van der Waals surface area (Å²) in [5.74, 6) is 0. The van der Waals surface area contributed by atoms with Crippen molar-refractivity contribution in [2.75, 3.05) is 5.32 Å². The second kappa shape index (κ2) is 4.68. The molecule has 0 aliphatic heterocycles. The fraction of sp³-hybridized carbons (Fsp3) is 0.100. The van der Waals surface area contributed by atoms with Crippen molar-refractivity contribution in [1.82, 2.24) is 9.97 Å². The molecule has 78 valence electrons. The molecule has 0 amide bonds. The summed E-state index contributed by atoms with van der Waals surface area (Å²) in [4.78, 5) is 7.02. The summed E-state index contributed by atoms with van der Waals surface area (Å²) in [6.07, 6.45) is 5.49. The van der Waals surface area contributed by atoms with Crippen molar-refractivity contribution < 1.29 is 0 Å². The van der Waals surface area contributed by atoms with E-state index >= 15 is 0 Å². The molecule has 2 rings (SSSR count). The Morgan fingerprint density at radius 1 is 1.53 bits per heavy atom. The van der Waals surface area contributed by atoms with Crippen molar-refractivity contribution in [1.29, 1.82) is 0 Å². The fourth-order valence-electron chi connectivity index (χ4n) is 1.21. The predicted octanol–water partition coefficient (Wildman–Crippen LogP) is 3.44. The van der Waals surface area contributed by atoms with Gasteiger partial charge in [0.05, 0.1) is 5.69 Å². The number of halogens is 2. The summed E-state index contributed by atoms with van der Waals surface area (Å²) in [7, 11) is 0. The van der Waals surface area contributed by atoms with Gasteiger partial charge < -0.3 is 10.3 Å². The van der Waals surface area contributed by atoms with Gasteiger partial charge in [0.25, 0.3) is 0 Å². The fourth-order valence-corrected chi connectivity index (χ4v) is 1.71. The maximum absolute atomic E-state index is 5.93. The average Bonchev–Trinajstić information content (AvgIpc) is 2.72. The van der Waals surface area contributed by atoms with E-state index in [1.807, 2.05) is 24.5 Å². The molecule has 0 aliphatic rings. The van der Waals surface area contributed by atoms with Gasteiger partial charge in [-0.3, -0.25) is 0 Å². The minimum absolute atomic E-state index is 0.480. The van der Waals surface area contributed by atoms with Gasteiger partial charge in [-0.25, -0.2) is 4.98 Å². The summed E-state index contributed by atoms with van der Waals surface area (Å²) in [6, 6.07) is 3.91. The molecule has 2 N–H and O–H groups in total. The second-order valence-corrected chi connectivity index (χ2v) is 4.34. The van der Waals surface area contributed by atoms with Crippen molar-refractivity contribution in [2.24, 2.45) is 0 Å². The Morgan fingerprint density at radius 2 is 2.40 bits per heavy atom. The SMILES string of the molecule is Clc1ncc(Br)cc1NCc1cc[nH]c1. The number of hydrogen-bond donors (Lipinski definition) is 2. The number of pyridine rings is 1. The van der Waals surface area contributed by atoms with Gasteiger partial charge in [-0.2, -0.15) is 0 Å². The molecule has 0 saturated carbocycles. The maximum Gasteiger partial charge on any atom is 0.152 e. The molecule has 0 aliphatic carbocycles. The van der Waals surface area contributed by atoms with Crippen LogP contribution >= 0.6 is 27.5 Å². The van der Waals surface area contributed by atoms with Gasteiger partial charge in [0.2, 0.25) is 0 Å². The molecule has 0 aromatic carbocycles. The van der Waals surface area contributed by atoms with E-state index in [2.05, 4.69) is 31.2 Å². The third-order valence-electron chi connectivity index (χ3n) is 1.95. The Balaban J connectivity index is 2.07. The molecular formula is C10H9BrClN3. The largest absolute Gasteiger partial charge is 0.378 e. The third-order valence-corrected chi connectivity index (χ3v) is 2.69. The number of nitrogens with one attached hydrogen (secondary N) is 2. The third kappa shape index (κ3) is 2.73. The van der Waals surface area contributed by atoms with E-state index in [-0.39, 0.29) is 0 Å². The van der Waals surface area contributed by atoms with Crippen LogP contribution in [0.5, 0.6) is 0 Å². The normalized spacial score (nSPS) is 10.3. The molecule has 0 atom stereocenters. The van der Waals surface area contributed by atoms with Gasteiger partial charge in [-0.1, -0.05) is 11.6 Å². The molecule has 2 heterocycles. The highest BCUT2D eigenvalue weighted by atomic mass is 79.9. The lowest BCUT2D eigenvalue weighted by atomic mass is 10.3. The lowest BCUT2D eigenvalue weighted by Crippen LogP contribution is -1.99. The standard InChI is InChI=1S/C10H9BrClN3/c11-8-3-9(10(12)15-6-8)14-5-7-1-2-13-4-7/h1-4,6,13-14H,5H2. The van der Waals surface area contributed by atoms with Gasteiger partial charge in [0, 0.05) is 29.6 Å². The minimum atomic E-state index is 0.480. The molecule has 5 heteroatoms. The van der Waals surface area contributed by atoms with Crippen LogP contribution in [0.15, 0.2) is 35.2 Å². The van der Waals surface area contributed by atoms with Gasteiger partial charge in [-0.05, 0) is 33.6 Å². The lowest BCUT2D eigenvalue weighted by Gasteiger charge is -2.06. The number of nitrogens with zero attached hydrogens (tertiary/aromatic N) is 1. The number of H-pyrrole nitrogens is 1. The summed E-state index contributed by atoms with van der Waals surface area (Å²) in [6.45, 7) is 0.724. The van der Waals surface area contributed by atoms with E-state index in [0.29, 0.717) is 5.15 Å². The van der Waals surface area contributed by atoms with E-state index in [0.717, 1.165) is 16.7 Å². The van der Waals surface area contributed by atoms with E-state index < -0.39 is 0 Å². The maximum atomic E-state index is 5.93. The first-order chi connectivity index (χ1) is 7.25. The summed E-state index contributed by atoms with van der Waals surface area (Å²) in [5, 5.41) is 3.69. The van der Waals surface area contributed by atoms with E-state index in [4.69, 9.17) is 11.6 Å². The number of aromatic amines is 1. The lowest BCUT2D eigenvalue weighted by molar-refractivity contribution is 1.14. The molecule has 0 spiro atoms. The van der Waals surface area contributed by atoms with Crippen LogP contribution in [0.1, 0.15) is 5.56 Å². The Morgan fingerprint density at radius 3 is 3.13 bits per heavy atom.